The molecule has 3 aromatic rings. The summed E-state index contributed by atoms with van der Waals surface area (Å²) in [7, 11) is 0. The topological polar surface area (TPSA) is 73.6 Å². The molecule has 1 heterocycles. The summed E-state index contributed by atoms with van der Waals surface area (Å²) in [5, 5.41) is 14.4. The SMILES string of the molecule is [2H]c1c(C([2H])([2H])[2H])c([2H])c(C([2H])([2H])[2H])c(Nc2ccnc(Nc3ccc(C#N)cc3)n2)c1C([2H])([2H])[2H]. The van der Waals surface area contributed by atoms with Crippen molar-refractivity contribution in [3.63, 3.8) is 0 Å². The van der Waals surface area contributed by atoms with Gasteiger partial charge in [0.1, 0.15) is 5.82 Å². The van der Waals surface area contributed by atoms with Gasteiger partial charge in [0.15, 0.2) is 0 Å². The standard InChI is InChI=1S/C20H19N5/c1-13-10-14(2)19(15(3)11-13)24-18-8-9-22-20(25-18)23-17-6-4-16(12-21)5-7-17/h4-11H,1-3H3,(H2,22,23,24,25)/i1D3,2D3,3D3,10D,11D. The van der Waals surface area contributed by atoms with Gasteiger partial charge >= 0.3 is 0 Å². The monoisotopic (exact) mass is 340 g/mol. The molecule has 5 nitrogen and oxygen atoms in total. The van der Waals surface area contributed by atoms with E-state index >= 15 is 0 Å². The van der Waals surface area contributed by atoms with Crippen LogP contribution in [0.25, 0.3) is 0 Å². The maximum absolute atomic E-state index is 8.91. The summed E-state index contributed by atoms with van der Waals surface area (Å²) in [5.74, 6) is -0.0375. The predicted molar refractivity (Wildman–Crippen MR) is 100 cm³/mol. The summed E-state index contributed by atoms with van der Waals surface area (Å²) in [6.45, 7) is -9.28. The molecule has 0 aliphatic heterocycles. The summed E-state index contributed by atoms with van der Waals surface area (Å²) < 4.78 is 87.0. The van der Waals surface area contributed by atoms with Gasteiger partial charge in [-0.1, -0.05) is 17.6 Å². The molecule has 2 N–H and O–H groups in total. The lowest BCUT2D eigenvalue weighted by molar-refractivity contribution is 1.16. The van der Waals surface area contributed by atoms with Crippen LogP contribution in [0.2, 0.25) is 0 Å². The molecular formula is C20H19N5. The van der Waals surface area contributed by atoms with Gasteiger partial charge in [0, 0.05) is 29.9 Å². The number of nitrogens with one attached hydrogen (secondary N) is 2. The van der Waals surface area contributed by atoms with E-state index in [4.69, 9.17) is 20.3 Å². The van der Waals surface area contributed by atoms with Gasteiger partial charge in [-0.3, -0.25) is 0 Å². The van der Waals surface area contributed by atoms with Crippen molar-refractivity contribution in [1.29, 1.82) is 5.26 Å². The Morgan fingerprint density at radius 1 is 1.04 bits per heavy atom. The van der Waals surface area contributed by atoms with E-state index in [1.165, 1.54) is 12.3 Å². The second kappa shape index (κ2) is 7.02. The van der Waals surface area contributed by atoms with Crippen molar-refractivity contribution in [2.24, 2.45) is 0 Å². The van der Waals surface area contributed by atoms with E-state index in [1.54, 1.807) is 24.3 Å². The fourth-order valence-electron chi connectivity index (χ4n) is 2.03. The highest BCUT2D eigenvalue weighted by Gasteiger charge is 2.06. The summed E-state index contributed by atoms with van der Waals surface area (Å²) in [5.41, 5.74) is -2.31. The smallest absolute Gasteiger partial charge is 0.229 e. The average molecular weight is 340 g/mol. The second-order valence-electron chi connectivity index (χ2n) is 4.95. The molecule has 0 radical (unpaired) electrons. The van der Waals surface area contributed by atoms with Gasteiger partial charge in [0.25, 0.3) is 0 Å². The molecule has 25 heavy (non-hydrogen) atoms. The number of nitriles is 1. The number of nitrogens with zero attached hydrogens (tertiary/aromatic N) is 3. The third-order valence-electron chi connectivity index (χ3n) is 3.18. The quantitative estimate of drug-likeness (QED) is 0.716. The van der Waals surface area contributed by atoms with Crippen LogP contribution in [0.1, 0.15) is 37.3 Å². The molecule has 0 bridgehead atoms. The van der Waals surface area contributed by atoms with Crippen LogP contribution in [0.4, 0.5) is 23.1 Å². The first-order chi connectivity index (χ1) is 16.5. The maximum Gasteiger partial charge on any atom is 0.229 e. The molecule has 0 unspecified atom stereocenters. The van der Waals surface area contributed by atoms with Crippen molar-refractivity contribution in [1.82, 2.24) is 9.97 Å². The molecule has 0 aliphatic carbocycles. The molecule has 2 aromatic carbocycles. The lowest BCUT2D eigenvalue weighted by Gasteiger charge is -2.14. The van der Waals surface area contributed by atoms with Crippen LogP contribution in [0.15, 0.2) is 48.6 Å². The Morgan fingerprint density at radius 2 is 1.80 bits per heavy atom. The van der Waals surface area contributed by atoms with E-state index in [-0.39, 0.29) is 11.8 Å². The average Bonchev–Trinajstić information content (AvgIpc) is 2.71. The minimum Gasteiger partial charge on any atom is -0.340 e. The fourth-order valence-corrected chi connectivity index (χ4v) is 2.03. The lowest BCUT2D eigenvalue weighted by atomic mass is 10.1. The molecule has 3 rings (SSSR count). The van der Waals surface area contributed by atoms with Crippen LogP contribution in [0.3, 0.4) is 0 Å². The number of hydrogen-bond donors (Lipinski definition) is 2. The first kappa shape index (κ1) is 7.66. The van der Waals surface area contributed by atoms with Crippen LogP contribution >= 0.6 is 0 Å². The van der Waals surface area contributed by atoms with E-state index in [9.17, 15) is 0 Å². The third-order valence-corrected chi connectivity index (χ3v) is 3.18. The highest BCUT2D eigenvalue weighted by atomic mass is 15.1. The molecule has 0 amide bonds. The molecule has 0 saturated carbocycles. The molecular weight excluding hydrogens is 310 g/mol. The van der Waals surface area contributed by atoms with E-state index in [0.29, 0.717) is 11.3 Å². The van der Waals surface area contributed by atoms with Gasteiger partial charge in [-0.25, -0.2) is 4.98 Å². The number of anilines is 4. The Morgan fingerprint density at radius 3 is 2.44 bits per heavy atom. The summed E-state index contributed by atoms with van der Waals surface area (Å²) >= 11 is 0. The molecule has 0 spiro atoms. The predicted octanol–water partition coefficient (Wildman–Crippen LogP) is 4.76. The molecule has 5 heteroatoms. The Labute approximate surface area is 162 Å². The zero-order valence-electron chi connectivity index (χ0n) is 23.8. The lowest BCUT2D eigenvalue weighted by Crippen LogP contribution is -2.02. The molecule has 0 aliphatic rings. The van der Waals surface area contributed by atoms with E-state index in [1.807, 2.05) is 6.07 Å². The minimum atomic E-state index is -3.10. The van der Waals surface area contributed by atoms with Crippen LogP contribution in [-0.4, -0.2) is 9.97 Å². The highest BCUT2D eigenvalue weighted by Crippen LogP contribution is 2.25. The summed E-state index contributed by atoms with van der Waals surface area (Å²) in [6.07, 6.45) is 1.30. The van der Waals surface area contributed by atoms with Gasteiger partial charge < -0.3 is 10.6 Å². The van der Waals surface area contributed by atoms with Crippen molar-refractivity contribution < 1.29 is 15.1 Å². The Kier molecular flexibility index (Phi) is 2.15. The highest BCUT2D eigenvalue weighted by molar-refractivity contribution is 5.66. The fraction of sp³-hybridized carbons (Fsp3) is 0.150. The van der Waals surface area contributed by atoms with Crippen LogP contribution < -0.4 is 10.6 Å². The van der Waals surface area contributed by atoms with Crippen LogP contribution in [-0.2, 0) is 0 Å². The second-order valence-corrected chi connectivity index (χ2v) is 4.95. The Hall–Kier alpha value is -3.39. The van der Waals surface area contributed by atoms with Crippen molar-refractivity contribution in [3.05, 3.63) is 70.9 Å². The van der Waals surface area contributed by atoms with Crippen molar-refractivity contribution in [2.45, 2.75) is 20.6 Å². The molecule has 0 saturated heterocycles. The van der Waals surface area contributed by atoms with Gasteiger partial charge in [0.05, 0.1) is 14.4 Å². The molecule has 1 aromatic heterocycles. The number of aromatic nitrogens is 2. The Balaban J connectivity index is 2.18. The number of rotatable bonds is 4. The minimum absolute atomic E-state index is 0.0341. The Bertz CT molecular complexity index is 1280. The molecule has 0 fully saturated rings. The van der Waals surface area contributed by atoms with Gasteiger partial charge in [-0.15, -0.1) is 0 Å². The van der Waals surface area contributed by atoms with Crippen molar-refractivity contribution in [3.8, 4) is 6.07 Å². The van der Waals surface area contributed by atoms with Crippen molar-refractivity contribution >= 4 is 23.1 Å². The van der Waals surface area contributed by atoms with Gasteiger partial charge in [-0.2, -0.15) is 10.2 Å². The summed E-state index contributed by atoms with van der Waals surface area (Å²) in [6, 6.07) is 7.68. The van der Waals surface area contributed by atoms with Crippen LogP contribution in [0.5, 0.6) is 0 Å². The molecule has 124 valence electrons. The largest absolute Gasteiger partial charge is 0.340 e. The number of benzene rings is 2. The number of hydrogen-bond acceptors (Lipinski definition) is 5. The van der Waals surface area contributed by atoms with E-state index in [2.05, 4.69) is 20.6 Å². The maximum atomic E-state index is 8.91. The molecule has 0 atom stereocenters. The zero-order valence-corrected chi connectivity index (χ0v) is 12.8. The zero-order chi connectivity index (χ0) is 27.1. The summed E-state index contributed by atoms with van der Waals surface area (Å²) in [4.78, 5) is 8.23. The first-order valence-corrected chi connectivity index (χ1v) is 7.10. The van der Waals surface area contributed by atoms with Crippen LogP contribution in [0, 0.1) is 31.9 Å². The van der Waals surface area contributed by atoms with E-state index < -0.39 is 55.0 Å². The van der Waals surface area contributed by atoms with Gasteiger partial charge in [0.2, 0.25) is 5.95 Å². The van der Waals surface area contributed by atoms with Crippen molar-refractivity contribution in [2.75, 3.05) is 10.6 Å². The van der Waals surface area contributed by atoms with E-state index in [0.717, 1.165) is 0 Å². The normalized spacial score (nSPS) is 18.1. The third kappa shape index (κ3) is 3.93. The first-order valence-electron chi connectivity index (χ1n) is 12.6. The van der Waals surface area contributed by atoms with Gasteiger partial charge in [-0.05, 0) is 62.0 Å².